The van der Waals surface area contributed by atoms with Crippen molar-refractivity contribution in [1.29, 1.82) is 0 Å². The molecule has 0 aromatic carbocycles. The van der Waals surface area contributed by atoms with Gasteiger partial charge in [-0.2, -0.15) is 4.31 Å². The number of anilines is 1. The fourth-order valence-electron chi connectivity index (χ4n) is 1.94. The van der Waals surface area contributed by atoms with E-state index in [4.69, 9.17) is 5.73 Å². The summed E-state index contributed by atoms with van der Waals surface area (Å²) < 4.78 is 28.0. The molecule has 0 saturated heterocycles. The summed E-state index contributed by atoms with van der Waals surface area (Å²) >= 11 is 0. The average molecular weight is 258 g/mol. The molecule has 0 atom stereocenters. The van der Waals surface area contributed by atoms with E-state index in [-0.39, 0.29) is 16.9 Å². The summed E-state index contributed by atoms with van der Waals surface area (Å²) in [6, 6.07) is 0.147. The number of hydrogen-bond donors (Lipinski definition) is 1. The lowest BCUT2D eigenvalue weighted by molar-refractivity contribution is 0.399. The van der Waals surface area contributed by atoms with E-state index in [1.54, 1.807) is 11.4 Å². The molecule has 0 radical (unpaired) electrons. The molecule has 2 N–H and O–H groups in total. The minimum absolute atomic E-state index is 0.0780. The Labute approximate surface area is 101 Å². The van der Waals surface area contributed by atoms with Crippen molar-refractivity contribution in [2.75, 3.05) is 12.3 Å². The summed E-state index contributed by atoms with van der Waals surface area (Å²) in [5.74, 6) is 0.0780. The van der Waals surface area contributed by atoms with Crippen LogP contribution in [0.3, 0.4) is 0 Å². The Kier molecular flexibility index (Phi) is 3.13. The Bertz CT molecular complexity index is 485. The highest BCUT2D eigenvalue weighted by Gasteiger charge is 2.39. The third-order valence-electron chi connectivity index (χ3n) is 2.86. The van der Waals surface area contributed by atoms with Gasteiger partial charge in [-0.05, 0) is 19.3 Å². The van der Waals surface area contributed by atoms with Gasteiger partial charge < -0.3 is 10.3 Å². The highest BCUT2D eigenvalue weighted by atomic mass is 32.2. The van der Waals surface area contributed by atoms with E-state index < -0.39 is 10.0 Å². The molecule has 96 valence electrons. The molecule has 1 saturated carbocycles. The number of aromatic nitrogens is 2. The lowest BCUT2D eigenvalue weighted by Crippen LogP contribution is -2.35. The minimum Gasteiger partial charge on any atom is -0.381 e. The monoisotopic (exact) mass is 258 g/mol. The topological polar surface area (TPSA) is 81.2 Å². The Morgan fingerprint density at radius 2 is 2.24 bits per heavy atom. The third kappa shape index (κ3) is 2.16. The van der Waals surface area contributed by atoms with Crippen molar-refractivity contribution in [1.82, 2.24) is 13.9 Å². The van der Waals surface area contributed by atoms with E-state index in [0.717, 1.165) is 19.3 Å². The van der Waals surface area contributed by atoms with Gasteiger partial charge in [0, 0.05) is 19.6 Å². The molecule has 1 aliphatic rings. The molecule has 0 unspecified atom stereocenters. The fourth-order valence-corrected chi connectivity index (χ4v) is 3.92. The Hall–Kier alpha value is -1.08. The zero-order chi connectivity index (χ0) is 12.6. The van der Waals surface area contributed by atoms with Gasteiger partial charge in [-0.3, -0.25) is 0 Å². The van der Waals surface area contributed by atoms with E-state index in [2.05, 4.69) is 4.98 Å². The second-order valence-corrected chi connectivity index (χ2v) is 6.20. The summed E-state index contributed by atoms with van der Waals surface area (Å²) in [4.78, 5) is 3.84. The predicted octanol–water partition coefficient (Wildman–Crippen LogP) is 0.565. The molecule has 0 amide bonds. The number of aryl methyl sites for hydroxylation is 1. The average Bonchev–Trinajstić information content (AvgIpc) is 3.01. The number of sulfonamides is 1. The van der Waals surface area contributed by atoms with Gasteiger partial charge in [0.25, 0.3) is 10.0 Å². The van der Waals surface area contributed by atoms with Gasteiger partial charge >= 0.3 is 0 Å². The van der Waals surface area contributed by atoms with Crippen molar-refractivity contribution >= 4 is 15.8 Å². The maximum Gasteiger partial charge on any atom is 0.262 e. The maximum absolute atomic E-state index is 12.5. The van der Waals surface area contributed by atoms with Gasteiger partial charge in [0.15, 0.2) is 10.8 Å². The number of imidazole rings is 1. The molecule has 1 aromatic rings. The normalized spacial score (nSPS) is 16.6. The van der Waals surface area contributed by atoms with Crippen LogP contribution in [0.5, 0.6) is 0 Å². The van der Waals surface area contributed by atoms with Crippen LogP contribution < -0.4 is 5.73 Å². The number of rotatable bonds is 5. The van der Waals surface area contributed by atoms with Crippen molar-refractivity contribution in [3.63, 3.8) is 0 Å². The smallest absolute Gasteiger partial charge is 0.262 e. The molecule has 0 aliphatic heterocycles. The van der Waals surface area contributed by atoms with Crippen LogP contribution in [0.2, 0.25) is 0 Å². The Morgan fingerprint density at radius 3 is 2.65 bits per heavy atom. The van der Waals surface area contributed by atoms with Crippen LogP contribution in [0.15, 0.2) is 11.4 Å². The van der Waals surface area contributed by atoms with Gasteiger partial charge in [0.1, 0.15) is 0 Å². The minimum atomic E-state index is -3.51. The number of hydrogen-bond acceptors (Lipinski definition) is 4. The quantitative estimate of drug-likeness (QED) is 0.837. The number of nitrogens with two attached hydrogens (primary N) is 1. The van der Waals surface area contributed by atoms with Crippen molar-refractivity contribution in [3.05, 3.63) is 6.33 Å². The first kappa shape index (κ1) is 12.4. The summed E-state index contributed by atoms with van der Waals surface area (Å²) in [6.45, 7) is 2.51. The lowest BCUT2D eigenvalue weighted by atomic mass is 10.5. The summed E-state index contributed by atoms with van der Waals surface area (Å²) in [5, 5.41) is 0.109. The fraction of sp³-hybridized carbons (Fsp3) is 0.700. The molecule has 1 aromatic heterocycles. The van der Waals surface area contributed by atoms with E-state index in [1.807, 2.05) is 6.92 Å². The summed E-state index contributed by atoms with van der Waals surface area (Å²) in [6.07, 6.45) is 4.11. The highest BCUT2D eigenvalue weighted by molar-refractivity contribution is 7.89. The predicted molar refractivity (Wildman–Crippen MR) is 64.8 cm³/mol. The van der Waals surface area contributed by atoms with Crippen molar-refractivity contribution in [2.24, 2.45) is 7.05 Å². The van der Waals surface area contributed by atoms with Crippen LogP contribution in [-0.4, -0.2) is 34.9 Å². The summed E-state index contributed by atoms with van der Waals surface area (Å²) in [5.41, 5.74) is 5.64. The molecule has 1 aliphatic carbocycles. The van der Waals surface area contributed by atoms with Gasteiger partial charge in [-0.25, -0.2) is 13.4 Å². The molecule has 17 heavy (non-hydrogen) atoms. The molecule has 1 heterocycles. The van der Waals surface area contributed by atoms with Crippen LogP contribution >= 0.6 is 0 Å². The van der Waals surface area contributed by atoms with Gasteiger partial charge in [-0.15, -0.1) is 0 Å². The molecular formula is C10H18N4O2S. The van der Waals surface area contributed by atoms with Gasteiger partial charge in [-0.1, -0.05) is 6.92 Å². The van der Waals surface area contributed by atoms with Gasteiger partial charge in [0.2, 0.25) is 0 Å². The van der Waals surface area contributed by atoms with E-state index in [1.165, 1.54) is 10.9 Å². The maximum atomic E-state index is 12.5. The van der Waals surface area contributed by atoms with Crippen LogP contribution in [0, 0.1) is 0 Å². The molecule has 2 rings (SSSR count). The zero-order valence-corrected chi connectivity index (χ0v) is 10.9. The lowest BCUT2D eigenvalue weighted by Gasteiger charge is -2.21. The largest absolute Gasteiger partial charge is 0.381 e. The third-order valence-corrected chi connectivity index (χ3v) is 4.94. The molecular weight excluding hydrogens is 240 g/mol. The second-order valence-electron chi connectivity index (χ2n) is 4.39. The highest BCUT2D eigenvalue weighted by Crippen LogP contribution is 2.33. The Balaban J connectivity index is 2.40. The first-order chi connectivity index (χ1) is 7.98. The standard InChI is InChI=1S/C10H18N4O2S/c1-3-6-14(8-4-5-8)17(15,16)10-9(11)12-7-13(10)2/h7-8H,3-6,11H2,1-2H3. The molecule has 0 bridgehead atoms. The number of nitrogens with zero attached hydrogens (tertiary/aromatic N) is 3. The van der Waals surface area contributed by atoms with Crippen LogP contribution in [-0.2, 0) is 17.1 Å². The summed E-state index contributed by atoms with van der Waals surface area (Å²) in [7, 11) is -1.86. The molecule has 6 nitrogen and oxygen atoms in total. The van der Waals surface area contributed by atoms with Crippen LogP contribution in [0.4, 0.5) is 5.82 Å². The van der Waals surface area contributed by atoms with Crippen LogP contribution in [0.1, 0.15) is 26.2 Å². The Morgan fingerprint density at radius 1 is 1.59 bits per heavy atom. The molecule has 0 spiro atoms. The zero-order valence-electron chi connectivity index (χ0n) is 10.1. The van der Waals surface area contributed by atoms with Crippen molar-refractivity contribution in [2.45, 2.75) is 37.3 Å². The molecule has 7 heteroatoms. The van der Waals surface area contributed by atoms with Crippen LogP contribution in [0.25, 0.3) is 0 Å². The first-order valence-corrected chi connectivity index (χ1v) is 7.21. The van der Waals surface area contributed by atoms with Crippen molar-refractivity contribution in [3.8, 4) is 0 Å². The molecule has 1 fully saturated rings. The van der Waals surface area contributed by atoms with Crippen molar-refractivity contribution < 1.29 is 8.42 Å². The van der Waals surface area contributed by atoms with E-state index in [9.17, 15) is 8.42 Å². The van der Waals surface area contributed by atoms with E-state index in [0.29, 0.717) is 6.54 Å². The van der Waals surface area contributed by atoms with Gasteiger partial charge in [0.05, 0.1) is 6.33 Å². The van der Waals surface area contributed by atoms with E-state index >= 15 is 0 Å². The number of nitrogen functional groups attached to an aromatic ring is 1. The first-order valence-electron chi connectivity index (χ1n) is 5.77. The second kappa shape index (κ2) is 4.30. The SMILES string of the molecule is CCCN(C1CC1)S(=O)(=O)c1c(N)ncn1C.